The maximum atomic E-state index is 10.8. The third-order valence-electron chi connectivity index (χ3n) is 5.10. The molecule has 1 aromatic heterocycles. The standard InChI is InChI=1S/C22H20N2O3S/c1-2-26-19-10-5-8-15(21(19)25)22-24-17(14-7-3-4-9-18(14)27-22)13-16(23-24)20-11-6-12-28-20/h3-12,17,22,25H,2,13H2,1H3/t17-,22-/m0/s1. The van der Waals surface area contributed by atoms with Gasteiger partial charge in [0.15, 0.2) is 11.5 Å². The van der Waals surface area contributed by atoms with Gasteiger partial charge in [-0.25, -0.2) is 5.01 Å². The minimum Gasteiger partial charge on any atom is -0.504 e. The molecule has 2 atom stereocenters. The van der Waals surface area contributed by atoms with Crippen LogP contribution in [0.5, 0.6) is 17.2 Å². The Hall–Kier alpha value is -2.99. The SMILES string of the molecule is CCOc1cccc([C@@H]2Oc3ccccc3[C@@H]3CC(c4cccs4)=NN32)c1O. The zero-order valence-electron chi connectivity index (χ0n) is 15.4. The Morgan fingerprint density at radius 2 is 2.00 bits per heavy atom. The lowest BCUT2D eigenvalue weighted by molar-refractivity contribution is -0.0205. The zero-order chi connectivity index (χ0) is 19.1. The van der Waals surface area contributed by atoms with Crippen molar-refractivity contribution < 1.29 is 14.6 Å². The topological polar surface area (TPSA) is 54.3 Å². The Morgan fingerprint density at radius 1 is 1.14 bits per heavy atom. The Kier molecular flexibility index (Phi) is 4.20. The van der Waals surface area contributed by atoms with Gasteiger partial charge in [-0.1, -0.05) is 30.3 Å². The highest BCUT2D eigenvalue weighted by Gasteiger charge is 2.42. The quantitative estimate of drug-likeness (QED) is 0.672. The van der Waals surface area contributed by atoms with Crippen LogP contribution in [-0.2, 0) is 0 Å². The van der Waals surface area contributed by atoms with Gasteiger partial charge in [0.1, 0.15) is 5.75 Å². The first-order chi connectivity index (χ1) is 13.8. The maximum absolute atomic E-state index is 10.8. The molecular weight excluding hydrogens is 372 g/mol. The van der Waals surface area contributed by atoms with Crippen LogP contribution >= 0.6 is 11.3 Å². The van der Waals surface area contributed by atoms with Gasteiger partial charge in [-0.15, -0.1) is 11.3 Å². The molecule has 0 amide bonds. The molecule has 2 aromatic carbocycles. The molecule has 0 aliphatic carbocycles. The fourth-order valence-corrected chi connectivity index (χ4v) is 4.56. The van der Waals surface area contributed by atoms with Crippen molar-refractivity contribution in [1.82, 2.24) is 5.01 Å². The third kappa shape index (κ3) is 2.72. The monoisotopic (exact) mass is 392 g/mol. The molecule has 6 heteroatoms. The predicted molar refractivity (Wildman–Crippen MR) is 109 cm³/mol. The van der Waals surface area contributed by atoms with Crippen molar-refractivity contribution in [2.24, 2.45) is 5.10 Å². The van der Waals surface area contributed by atoms with Gasteiger partial charge in [0.25, 0.3) is 0 Å². The van der Waals surface area contributed by atoms with E-state index in [-0.39, 0.29) is 11.8 Å². The number of hydrogen-bond acceptors (Lipinski definition) is 6. The summed E-state index contributed by atoms with van der Waals surface area (Å²) in [5.41, 5.74) is 2.82. The number of phenols is 1. The summed E-state index contributed by atoms with van der Waals surface area (Å²) in [4.78, 5) is 1.16. The zero-order valence-corrected chi connectivity index (χ0v) is 16.2. The van der Waals surface area contributed by atoms with E-state index in [1.165, 1.54) is 0 Å². The normalized spacial score (nSPS) is 20.2. The molecule has 0 unspecified atom stereocenters. The molecule has 1 N–H and O–H groups in total. The van der Waals surface area contributed by atoms with Crippen molar-refractivity contribution in [3.8, 4) is 17.2 Å². The van der Waals surface area contributed by atoms with E-state index in [9.17, 15) is 5.11 Å². The van der Waals surface area contributed by atoms with Gasteiger partial charge in [-0.2, -0.15) is 5.10 Å². The van der Waals surface area contributed by atoms with Crippen LogP contribution in [0, 0.1) is 0 Å². The molecule has 2 aliphatic heterocycles. The molecule has 2 aliphatic rings. The number of hydrazone groups is 1. The lowest BCUT2D eigenvalue weighted by Gasteiger charge is -2.38. The average Bonchev–Trinajstić information content (AvgIpc) is 3.39. The summed E-state index contributed by atoms with van der Waals surface area (Å²) in [5, 5.41) is 19.8. The number of para-hydroxylation sites is 2. The Bertz CT molecular complexity index is 1030. The van der Waals surface area contributed by atoms with Gasteiger partial charge < -0.3 is 14.6 Å². The lowest BCUT2D eigenvalue weighted by atomic mass is 9.97. The van der Waals surface area contributed by atoms with Crippen LogP contribution in [0.4, 0.5) is 0 Å². The average molecular weight is 392 g/mol. The lowest BCUT2D eigenvalue weighted by Crippen LogP contribution is -2.33. The molecule has 0 radical (unpaired) electrons. The van der Waals surface area contributed by atoms with E-state index >= 15 is 0 Å². The van der Waals surface area contributed by atoms with Crippen LogP contribution < -0.4 is 9.47 Å². The third-order valence-corrected chi connectivity index (χ3v) is 6.02. The van der Waals surface area contributed by atoms with Crippen LogP contribution in [0.25, 0.3) is 0 Å². The van der Waals surface area contributed by atoms with Crippen LogP contribution in [0.1, 0.15) is 41.6 Å². The first-order valence-corrected chi connectivity index (χ1v) is 10.2. The first-order valence-electron chi connectivity index (χ1n) is 9.36. The second kappa shape index (κ2) is 6.87. The smallest absolute Gasteiger partial charge is 0.217 e. The molecule has 5 rings (SSSR count). The van der Waals surface area contributed by atoms with Crippen LogP contribution in [0.15, 0.2) is 65.1 Å². The van der Waals surface area contributed by atoms with Gasteiger partial charge in [-0.05, 0) is 36.6 Å². The van der Waals surface area contributed by atoms with Crippen LogP contribution in [-0.4, -0.2) is 22.4 Å². The Morgan fingerprint density at radius 3 is 2.82 bits per heavy atom. The van der Waals surface area contributed by atoms with Crippen molar-refractivity contribution in [3.05, 3.63) is 76.0 Å². The molecule has 0 fully saturated rings. The number of rotatable bonds is 4. The van der Waals surface area contributed by atoms with Crippen molar-refractivity contribution in [2.45, 2.75) is 25.6 Å². The number of ether oxygens (including phenoxy) is 2. The number of fused-ring (bicyclic) bond motifs is 3. The van der Waals surface area contributed by atoms with Crippen LogP contribution in [0.3, 0.4) is 0 Å². The van der Waals surface area contributed by atoms with E-state index in [1.54, 1.807) is 17.4 Å². The minimum atomic E-state index is -0.516. The van der Waals surface area contributed by atoms with E-state index in [0.717, 1.165) is 28.3 Å². The molecular formula is C22H20N2O3S. The summed E-state index contributed by atoms with van der Waals surface area (Å²) in [6.45, 7) is 2.38. The number of aromatic hydroxyl groups is 1. The largest absolute Gasteiger partial charge is 0.504 e. The first kappa shape index (κ1) is 17.1. The van der Waals surface area contributed by atoms with Crippen molar-refractivity contribution in [2.75, 3.05) is 6.61 Å². The number of nitrogens with zero attached hydrogens (tertiary/aromatic N) is 2. The molecule has 3 heterocycles. The highest BCUT2D eigenvalue weighted by Crippen LogP contribution is 2.49. The summed E-state index contributed by atoms with van der Waals surface area (Å²) < 4.78 is 11.9. The molecule has 5 nitrogen and oxygen atoms in total. The van der Waals surface area contributed by atoms with Crippen molar-refractivity contribution >= 4 is 17.0 Å². The summed E-state index contributed by atoms with van der Waals surface area (Å²) in [7, 11) is 0. The molecule has 0 saturated heterocycles. The van der Waals surface area contributed by atoms with Gasteiger partial charge >= 0.3 is 0 Å². The summed E-state index contributed by atoms with van der Waals surface area (Å²) in [6, 6.07) is 17.8. The van der Waals surface area contributed by atoms with E-state index < -0.39 is 6.23 Å². The molecule has 3 aromatic rings. The number of phenolic OH excluding ortho intramolecular Hbond substituents is 1. The minimum absolute atomic E-state index is 0.0715. The molecule has 0 spiro atoms. The Balaban J connectivity index is 1.61. The number of benzene rings is 2. The van der Waals surface area contributed by atoms with Gasteiger partial charge in [-0.3, -0.25) is 0 Å². The predicted octanol–water partition coefficient (Wildman–Crippen LogP) is 5.09. The summed E-state index contributed by atoms with van der Waals surface area (Å²) in [5.74, 6) is 1.39. The maximum Gasteiger partial charge on any atom is 0.217 e. The fourth-order valence-electron chi connectivity index (χ4n) is 3.84. The molecule has 0 saturated carbocycles. The second-order valence-electron chi connectivity index (χ2n) is 6.76. The van der Waals surface area contributed by atoms with Crippen molar-refractivity contribution in [1.29, 1.82) is 0 Å². The van der Waals surface area contributed by atoms with Crippen molar-refractivity contribution in [3.63, 3.8) is 0 Å². The highest BCUT2D eigenvalue weighted by atomic mass is 32.1. The van der Waals surface area contributed by atoms with E-state index in [1.807, 2.05) is 48.3 Å². The number of thiophene rings is 1. The van der Waals surface area contributed by atoms with Gasteiger partial charge in [0.2, 0.25) is 6.23 Å². The fraction of sp³-hybridized carbons (Fsp3) is 0.227. The summed E-state index contributed by atoms with van der Waals surface area (Å²) in [6.07, 6.45) is 0.293. The van der Waals surface area contributed by atoms with E-state index in [2.05, 4.69) is 17.5 Å². The van der Waals surface area contributed by atoms with Crippen LogP contribution in [0.2, 0.25) is 0 Å². The second-order valence-corrected chi connectivity index (χ2v) is 7.71. The number of hydrogen-bond donors (Lipinski definition) is 1. The Labute approximate surface area is 167 Å². The van der Waals surface area contributed by atoms with Gasteiger partial charge in [0.05, 0.1) is 28.8 Å². The highest BCUT2D eigenvalue weighted by molar-refractivity contribution is 7.12. The molecule has 142 valence electrons. The van der Waals surface area contributed by atoms with E-state index in [4.69, 9.17) is 14.6 Å². The van der Waals surface area contributed by atoms with Gasteiger partial charge in [0, 0.05) is 12.0 Å². The molecule has 28 heavy (non-hydrogen) atoms. The molecule has 0 bridgehead atoms. The van der Waals surface area contributed by atoms with E-state index in [0.29, 0.717) is 17.9 Å². The summed E-state index contributed by atoms with van der Waals surface area (Å²) >= 11 is 1.69.